The molecule has 0 aliphatic heterocycles. The van der Waals surface area contributed by atoms with Crippen LogP contribution in [-0.4, -0.2) is 11.1 Å². The Hall–Kier alpha value is -0.270. The van der Waals surface area contributed by atoms with Crippen molar-refractivity contribution in [3.05, 3.63) is 48.5 Å². The summed E-state index contributed by atoms with van der Waals surface area (Å²) in [6.07, 6.45) is 0. The van der Waals surface area contributed by atoms with Gasteiger partial charge in [0, 0.05) is 0 Å². The maximum absolute atomic E-state index is 5.79. The van der Waals surface area contributed by atoms with Gasteiger partial charge >= 0.3 is 11.1 Å². The van der Waals surface area contributed by atoms with E-state index in [2.05, 4.69) is 0 Å². The average molecular weight is 316 g/mol. The van der Waals surface area contributed by atoms with Gasteiger partial charge in [-0.05, 0) is 22.1 Å². The molecule has 0 saturated heterocycles. The lowest BCUT2D eigenvalue weighted by Gasteiger charge is -2.05. The Morgan fingerprint density at radius 2 is 0.778 bits per heavy atom. The fraction of sp³-hybridized carbons (Fsp3) is 0. The molecule has 0 fully saturated rings. The van der Waals surface area contributed by atoms with E-state index in [9.17, 15) is 0 Å². The molecule has 0 unspecified atom stereocenters. The van der Waals surface area contributed by atoms with Crippen LogP contribution in [0.1, 0.15) is 0 Å². The average Bonchev–Trinajstić information content (AvgIpc) is 2.39. The van der Waals surface area contributed by atoms with Gasteiger partial charge < -0.3 is 0 Å². The highest BCUT2D eigenvalue weighted by atomic mass is 35.5. The minimum Gasteiger partial charge on any atom is -0.165 e. The molecule has 2 aromatic rings. The van der Waals surface area contributed by atoms with Gasteiger partial charge in [-0.1, -0.05) is 48.5 Å². The molecule has 0 atom stereocenters. The third kappa shape index (κ3) is 3.39. The maximum Gasteiger partial charge on any atom is 0.382 e. The van der Waals surface area contributed by atoms with Crippen LogP contribution in [0.5, 0.6) is 0 Å². The smallest absolute Gasteiger partial charge is 0.165 e. The lowest BCUT2D eigenvalue weighted by atomic mass is 9.89. The van der Waals surface area contributed by atoms with Crippen LogP contribution in [0.2, 0.25) is 0 Å². The summed E-state index contributed by atoms with van der Waals surface area (Å²) in [4.78, 5) is 0. The van der Waals surface area contributed by atoms with E-state index in [0.29, 0.717) is 0 Å². The topological polar surface area (TPSA) is 0 Å². The molecular weight excluding hydrogens is 308 g/mol. The van der Waals surface area contributed by atoms with Crippen molar-refractivity contribution >= 4 is 67.9 Å². The van der Waals surface area contributed by atoms with E-state index < -0.39 is 11.1 Å². The van der Waals surface area contributed by atoms with E-state index in [1.165, 1.54) is 0 Å². The predicted molar refractivity (Wildman–Crippen MR) is 86.1 cm³/mol. The Morgan fingerprint density at radius 1 is 0.500 bits per heavy atom. The summed E-state index contributed by atoms with van der Waals surface area (Å²) in [6.45, 7) is 0. The molecule has 0 bridgehead atoms. The molecule has 0 amide bonds. The van der Waals surface area contributed by atoms with Crippen molar-refractivity contribution in [2.45, 2.75) is 0 Å². The molecule has 0 saturated carbocycles. The molecular formula is C12H8B2Cl4. The van der Waals surface area contributed by atoms with E-state index in [1.54, 1.807) is 0 Å². The lowest BCUT2D eigenvalue weighted by molar-refractivity contribution is 1.66. The minimum atomic E-state index is -0.491. The molecule has 0 aliphatic rings. The monoisotopic (exact) mass is 314 g/mol. The van der Waals surface area contributed by atoms with Gasteiger partial charge in [0.05, 0.1) is 0 Å². The predicted octanol–water partition coefficient (Wildman–Crippen LogP) is 3.70. The van der Waals surface area contributed by atoms with Crippen molar-refractivity contribution in [2.24, 2.45) is 0 Å². The maximum atomic E-state index is 5.79. The van der Waals surface area contributed by atoms with Crippen LogP contribution in [0, 0.1) is 0 Å². The molecule has 0 N–H and O–H groups in total. The zero-order valence-corrected chi connectivity index (χ0v) is 12.3. The number of halogens is 4. The summed E-state index contributed by atoms with van der Waals surface area (Å²) in [6, 6.07) is 15.6. The number of hydrogen-bond acceptors (Lipinski definition) is 0. The summed E-state index contributed by atoms with van der Waals surface area (Å²) in [5.74, 6) is 0. The molecule has 6 heteroatoms. The fourth-order valence-electron chi connectivity index (χ4n) is 1.64. The van der Waals surface area contributed by atoms with Crippen LogP contribution in [-0.2, 0) is 0 Å². The summed E-state index contributed by atoms with van der Waals surface area (Å²) in [5.41, 5.74) is 2.99. The van der Waals surface area contributed by atoms with E-state index >= 15 is 0 Å². The van der Waals surface area contributed by atoms with E-state index in [0.717, 1.165) is 22.1 Å². The Bertz CT molecular complexity index is 459. The Labute approximate surface area is 127 Å². The van der Waals surface area contributed by atoms with Gasteiger partial charge in [-0.3, -0.25) is 0 Å². The SMILES string of the molecule is ClB(Cl)c1ccc(-c2ccc(B(Cl)Cl)cc2)cc1. The molecule has 2 rings (SSSR count). The summed E-state index contributed by atoms with van der Waals surface area (Å²) in [5, 5.41) is 0. The molecule has 2 aromatic carbocycles. The van der Waals surface area contributed by atoms with Gasteiger partial charge in [-0.2, -0.15) is 45.8 Å². The quantitative estimate of drug-likeness (QED) is 0.758. The molecule has 18 heavy (non-hydrogen) atoms. The van der Waals surface area contributed by atoms with Crippen LogP contribution in [0.15, 0.2) is 48.5 Å². The minimum absolute atomic E-state index is 0.491. The third-order valence-corrected chi connectivity index (χ3v) is 3.67. The number of rotatable bonds is 3. The van der Waals surface area contributed by atoms with Gasteiger partial charge in [-0.25, -0.2) is 0 Å². The van der Waals surface area contributed by atoms with Gasteiger partial charge in [-0.15, -0.1) is 0 Å². The standard InChI is InChI=1S/C12H8B2Cl4/c15-13(16)11-5-1-9(2-6-11)10-3-7-12(8-4-10)14(17)18/h1-8H. The molecule has 0 spiro atoms. The summed E-state index contributed by atoms with van der Waals surface area (Å²) < 4.78 is 0. The first-order chi connectivity index (χ1) is 8.58. The molecule has 0 aromatic heterocycles. The fourth-order valence-corrected chi connectivity index (χ4v) is 2.22. The molecule has 0 heterocycles. The van der Waals surface area contributed by atoms with Gasteiger partial charge in [0.15, 0.2) is 0 Å². The highest BCUT2D eigenvalue weighted by Gasteiger charge is 2.10. The highest BCUT2D eigenvalue weighted by molar-refractivity contribution is 7.39. The van der Waals surface area contributed by atoms with Crippen LogP contribution in [0.4, 0.5) is 0 Å². The van der Waals surface area contributed by atoms with E-state index in [-0.39, 0.29) is 0 Å². The molecule has 90 valence electrons. The van der Waals surface area contributed by atoms with Crippen molar-refractivity contribution in [3.63, 3.8) is 0 Å². The van der Waals surface area contributed by atoms with Crippen molar-refractivity contribution < 1.29 is 0 Å². The van der Waals surface area contributed by atoms with Crippen molar-refractivity contribution in [1.82, 2.24) is 0 Å². The second-order valence-electron chi connectivity index (χ2n) is 3.85. The highest BCUT2D eigenvalue weighted by Crippen LogP contribution is 2.18. The molecule has 0 radical (unpaired) electrons. The van der Waals surface area contributed by atoms with Gasteiger partial charge in [0.25, 0.3) is 0 Å². The zero-order chi connectivity index (χ0) is 13.1. The molecule has 0 nitrogen and oxygen atoms in total. The number of benzene rings is 2. The Morgan fingerprint density at radius 3 is 1.00 bits per heavy atom. The van der Waals surface area contributed by atoms with Crippen molar-refractivity contribution in [2.75, 3.05) is 0 Å². The van der Waals surface area contributed by atoms with Gasteiger partial charge in [0.2, 0.25) is 0 Å². The Kier molecular flexibility index (Phi) is 4.91. The van der Waals surface area contributed by atoms with Gasteiger partial charge in [0.1, 0.15) is 0 Å². The number of hydrogen-bond donors (Lipinski definition) is 0. The largest absolute Gasteiger partial charge is 0.382 e. The molecule has 0 aliphatic carbocycles. The second-order valence-corrected chi connectivity index (χ2v) is 6.04. The lowest BCUT2D eigenvalue weighted by Crippen LogP contribution is -2.17. The van der Waals surface area contributed by atoms with E-state index in [4.69, 9.17) is 45.8 Å². The van der Waals surface area contributed by atoms with E-state index in [1.807, 2.05) is 48.5 Å². The first kappa shape index (κ1) is 14.1. The van der Waals surface area contributed by atoms with Crippen LogP contribution in [0.3, 0.4) is 0 Å². The van der Waals surface area contributed by atoms with Crippen LogP contribution >= 0.6 is 45.8 Å². The summed E-state index contributed by atoms with van der Waals surface area (Å²) >= 11 is 23.2. The third-order valence-electron chi connectivity index (χ3n) is 2.66. The van der Waals surface area contributed by atoms with Crippen LogP contribution < -0.4 is 10.9 Å². The first-order valence-corrected chi connectivity index (χ1v) is 7.09. The first-order valence-electron chi connectivity index (χ1n) is 5.34. The second kappa shape index (κ2) is 6.25. The normalized spacial score (nSPS) is 10.2. The van der Waals surface area contributed by atoms with Crippen LogP contribution in [0.25, 0.3) is 11.1 Å². The summed E-state index contributed by atoms with van der Waals surface area (Å²) in [7, 11) is 0. The van der Waals surface area contributed by atoms with Crippen molar-refractivity contribution in [3.8, 4) is 11.1 Å². The Balaban J connectivity index is 2.25. The zero-order valence-electron chi connectivity index (χ0n) is 9.29. The van der Waals surface area contributed by atoms with Crippen molar-refractivity contribution in [1.29, 1.82) is 0 Å².